The number of amides is 2. The second-order valence-electron chi connectivity index (χ2n) is 9.58. The van der Waals surface area contributed by atoms with Crippen LogP contribution in [0.25, 0.3) is 0 Å². The molecule has 1 unspecified atom stereocenters. The van der Waals surface area contributed by atoms with Gasteiger partial charge in [0.2, 0.25) is 11.8 Å². The normalized spacial score (nSPS) is 40.4. The van der Waals surface area contributed by atoms with E-state index in [1.165, 1.54) is 0 Å². The van der Waals surface area contributed by atoms with Crippen LogP contribution in [0.1, 0.15) is 37.7 Å². The highest BCUT2D eigenvalue weighted by molar-refractivity contribution is 6.09. The van der Waals surface area contributed by atoms with Gasteiger partial charge in [-0.1, -0.05) is 18.2 Å². The zero-order chi connectivity index (χ0) is 19.8. The third kappa shape index (κ3) is 2.24. The Hall–Kier alpha value is -1.92. The van der Waals surface area contributed by atoms with Crippen molar-refractivity contribution in [3.8, 4) is 0 Å². The monoisotopic (exact) mass is 395 g/mol. The fourth-order valence-electron chi connectivity index (χ4n) is 7.32. The highest BCUT2D eigenvalue weighted by Gasteiger charge is 2.66. The van der Waals surface area contributed by atoms with Gasteiger partial charge in [-0.2, -0.15) is 0 Å². The summed E-state index contributed by atoms with van der Waals surface area (Å²) in [5, 5.41) is 3.11. The second kappa shape index (κ2) is 6.29. The molecular formula is C23H29N3O3. The number of para-hydroxylation sites is 1. The van der Waals surface area contributed by atoms with Crippen LogP contribution in [0.4, 0.5) is 5.69 Å². The molecule has 0 radical (unpaired) electrons. The molecule has 154 valence electrons. The molecule has 4 heterocycles. The van der Waals surface area contributed by atoms with Crippen LogP contribution in [0.2, 0.25) is 0 Å². The average molecular weight is 396 g/mol. The van der Waals surface area contributed by atoms with Crippen molar-refractivity contribution in [2.45, 2.75) is 49.8 Å². The number of fused-ring (bicyclic) bond motifs is 6. The van der Waals surface area contributed by atoms with E-state index in [-0.39, 0.29) is 23.8 Å². The minimum absolute atomic E-state index is 0.00352. The summed E-state index contributed by atoms with van der Waals surface area (Å²) in [7, 11) is 1.80. The van der Waals surface area contributed by atoms with E-state index in [0.29, 0.717) is 17.9 Å². The van der Waals surface area contributed by atoms with E-state index in [1.807, 2.05) is 18.2 Å². The van der Waals surface area contributed by atoms with Gasteiger partial charge in [0.25, 0.3) is 0 Å². The molecule has 0 aromatic heterocycles. The van der Waals surface area contributed by atoms with Gasteiger partial charge in [0, 0.05) is 49.3 Å². The Morgan fingerprint density at radius 3 is 2.69 bits per heavy atom. The Balaban J connectivity index is 1.38. The van der Waals surface area contributed by atoms with Crippen LogP contribution in [-0.4, -0.2) is 60.5 Å². The van der Waals surface area contributed by atoms with E-state index < -0.39 is 5.54 Å². The Kier molecular flexibility index (Phi) is 3.88. The topological polar surface area (TPSA) is 61.9 Å². The number of piperidine rings is 1. The average Bonchev–Trinajstić information content (AvgIpc) is 3.44. The molecule has 4 aliphatic heterocycles. The largest absolute Gasteiger partial charge is 0.381 e. The van der Waals surface area contributed by atoms with Gasteiger partial charge >= 0.3 is 0 Å². The maximum atomic E-state index is 13.9. The molecule has 2 bridgehead atoms. The lowest BCUT2D eigenvalue weighted by atomic mass is 9.77. The van der Waals surface area contributed by atoms with Crippen LogP contribution in [0.3, 0.4) is 0 Å². The highest BCUT2D eigenvalue weighted by atomic mass is 16.5. The molecule has 1 N–H and O–H groups in total. The molecule has 6 rings (SSSR count). The van der Waals surface area contributed by atoms with Gasteiger partial charge in [-0.15, -0.1) is 0 Å². The van der Waals surface area contributed by atoms with Crippen molar-refractivity contribution < 1.29 is 14.3 Å². The van der Waals surface area contributed by atoms with Crippen molar-refractivity contribution in [3.63, 3.8) is 0 Å². The van der Waals surface area contributed by atoms with Gasteiger partial charge in [0.15, 0.2) is 0 Å². The number of hydrogen-bond donors (Lipinski definition) is 1. The van der Waals surface area contributed by atoms with Crippen molar-refractivity contribution in [1.82, 2.24) is 9.80 Å². The third-order valence-corrected chi connectivity index (χ3v) is 8.40. The van der Waals surface area contributed by atoms with Crippen LogP contribution in [0.15, 0.2) is 24.3 Å². The van der Waals surface area contributed by atoms with Crippen molar-refractivity contribution in [2.24, 2.45) is 17.8 Å². The summed E-state index contributed by atoms with van der Waals surface area (Å²) in [5.74, 6) is 0.748. The van der Waals surface area contributed by atoms with E-state index in [2.05, 4.69) is 21.2 Å². The highest BCUT2D eigenvalue weighted by Crippen LogP contribution is 2.56. The predicted molar refractivity (Wildman–Crippen MR) is 108 cm³/mol. The molecule has 1 aliphatic carbocycles. The number of ether oxygens (including phenoxy) is 1. The lowest BCUT2D eigenvalue weighted by Gasteiger charge is -2.42. The number of rotatable bonds is 2. The van der Waals surface area contributed by atoms with Crippen LogP contribution >= 0.6 is 0 Å². The molecule has 1 aromatic rings. The van der Waals surface area contributed by atoms with E-state index in [4.69, 9.17) is 4.74 Å². The Labute approximate surface area is 171 Å². The minimum Gasteiger partial charge on any atom is -0.381 e. The molecule has 6 heteroatoms. The maximum absolute atomic E-state index is 13.9. The Bertz CT molecular complexity index is 859. The first-order valence-corrected chi connectivity index (χ1v) is 11.1. The predicted octanol–water partition coefficient (Wildman–Crippen LogP) is 2.20. The zero-order valence-electron chi connectivity index (χ0n) is 17.0. The van der Waals surface area contributed by atoms with Gasteiger partial charge < -0.3 is 15.0 Å². The number of methoxy groups -OCH3 is 1. The summed E-state index contributed by atoms with van der Waals surface area (Å²) in [6.07, 6.45) is 5.54. The summed E-state index contributed by atoms with van der Waals surface area (Å²) in [6, 6.07) is 8.30. The van der Waals surface area contributed by atoms with Crippen LogP contribution in [0, 0.1) is 17.8 Å². The molecule has 1 aromatic carbocycles. The maximum Gasteiger partial charge on any atom is 0.250 e. The summed E-state index contributed by atoms with van der Waals surface area (Å²) in [5.41, 5.74) is 1.05. The first kappa shape index (κ1) is 17.9. The fraction of sp³-hybridized carbons (Fsp3) is 0.652. The quantitative estimate of drug-likeness (QED) is 0.834. The summed E-state index contributed by atoms with van der Waals surface area (Å²) in [4.78, 5) is 31.9. The van der Waals surface area contributed by atoms with Crippen molar-refractivity contribution >= 4 is 17.5 Å². The summed E-state index contributed by atoms with van der Waals surface area (Å²) >= 11 is 0. The van der Waals surface area contributed by atoms with Crippen LogP contribution in [0.5, 0.6) is 0 Å². The molecule has 6 atom stereocenters. The third-order valence-electron chi connectivity index (χ3n) is 8.40. The van der Waals surface area contributed by atoms with Gasteiger partial charge in [-0.25, -0.2) is 0 Å². The standard InChI is InChI=1S/C23H29N3O3/c1-29-20-14-8-9-15(20)13-25(12-14)21(27)18-11-16-5-4-10-26(16)23(18)17-6-2-3-7-19(17)24-22(23)28/h2-3,6-7,14-16,18,20H,4-5,8-13H2,1H3,(H,24,28)/t14-,15+,16-,18-,20?,23+/m1/s1. The first-order chi connectivity index (χ1) is 14.1. The number of likely N-dealkylation sites (tertiary alicyclic amines) is 1. The molecule has 2 amide bonds. The van der Waals surface area contributed by atoms with Crippen molar-refractivity contribution in [1.29, 1.82) is 0 Å². The molecule has 29 heavy (non-hydrogen) atoms. The number of hydrogen-bond acceptors (Lipinski definition) is 4. The Morgan fingerprint density at radius 2 is 1.93 bits per heavy atom. The van der Waals surface area contributed by atoms with Gasteiger partial charge in [0.05, 0.1) is 12.0 Å². The number of carbonyl (C=O) groups is 2. The molecule has 4 fully saturated rings. The lowest BCUT2D eigenvalue weighted by molar-refractivity contribution is -0.148. The zero-order valence-corrected chi connectivity index (χ0v) is 17.0. The molecule has 6 nitrogen and oxygen atoms in total. The number of carbonyl (C=O) groups excluding carboxylic acids is 2. The first-order valence-electron chi connectivity index (χ1n) is 11.1. The summed E-state index contributed by atoms with van der Waals surface area (Å²) < 4.78 is 5.74. The summed E-state index contributed by atoms with van der Waals surface area (Å²) in [6.45, 7) is 2.44. The van der Waals surface area contributed by atoms with Gasteiger partial charge in [-0.05, 0) is 44.7 Å². The van der Waals surface area contributed by atoms with E-state index >= 15 is 0 Å². The van der Waals surface area contributed by atoms with Crippen LogP contribution < -0.4 is 5.32 Å². The number of nitrogens with zero attached hydrogens (tertiary/aromatic N) is 2. The fourth-order valence-corrected chi connectivity index (χ4v) is 7.32. The molecule has 1 spiro atoms. The van der Waals surface area contributed by atoms with Crippen molar-refractivity contribution in [3.05, 3.63) is 29.8 Å². The Morgan fingerprint density at radius 1 is 1.17 bits per heavy atom. The number of nitrogens with one attached hydrogen (secondary N) is 1. The smallest absolute Gasteiger partial charge is 0.250 e. The van der Waals surface area contributed by atoms with E-state index in [1.54, 1.807) is 7.11 Å². The van der Waals surface area contributed by atoms with Gasteiger partial charge in [0.1, 0.15) is 5.54 Å². The SMILES string of the molecule is COC1[C@@H]2CC[C@H]1CN(C(=O)[C@H]1C[C@H]3CCCN3[C@]13C(=O)Nc1ccccc13)C2. The molecule has 5 aliphatic rings. The molecule has 1 saturated carbocycles. The van der Waals surface area contributed by atoms with E-state index in [0.717, 1.165) is 63.0 Å². The number of anilines is 1. The second-order valence-corrected chi connectivity index (χ2v) is 9.58. The van der Waals surface area contributed by atoms with Crippen molar-refractivity contribution in [2.75, 3.05) is 32.1 Å². The van der Waals surface area contributed by atoms with Gasteiger partial charge in [-0.3, -0.25) is 14.5 Å². The molecular weight excluding hydrogens is 366 g/mol. The minimum atomic E-state index is -0.827. The number of benzene rings is 1. The lowest BCUT2D eigenvalue weighted by Crippen LogP contribution is -2.57. The molecule has 3 saturated heterocycles. The van der Waals surface area contributed by atoms with Crippen LogP contribution in [-0.2, 0) is 19.9 Å². The van der Waals surface area contributed by atoms with E-state index in [9.17, 15) is 9.59 Å².